The molecular weight excluding hydrogens is 308 g/mol. The molecule has 3 unspecified atom stereocenters. The molecule has 0 saturated heterocycles. The summed E-state index contributed by atoms with van der Waals surface area (Å²) in [6.45, 7) is 10.2. The van der Waals surface area contributed by atoms with Crippen LogP contribution in [0, 0.1) is 17.3 Å². The van der Waals surface area contributed by atoms with E-state index in [1.807, 2.05) is 0 Å². The predicted octanol–water partition coefficient (Wildman–Crippen LogP) is 1.90. The maximum Gasteiger partial charge on any atom is 0.305 e. The van der Waals surface area contributed by atoms with Crippen molar-refractivity contribution in [2.75, 3.05) is 0 Å². The number of carboxylic acid groups (broad SMARTS) is 1. The lowest BCUT2D eigenvalue weighted by Crippen LogP contribution is -2.57. The summed E-state index contributed by atoms with van der Waals surface area (Å²) in [4.78, 5) is 22.7. The molecular formula is C18H34N2O4. The van der Waals surface area contributed by atoms with E-state index >= 15 is 0 Å². The van der Waals surface area contributed by atoms with Crippen molar-refractivity contribution in [3.05, 3.63) is 0 Å². The highest BCUT2D eigenvalue weighted by molar-refractivity contribution is 5.86. The normalized spacial score (nSPS) is 24.5. The first-order valence-electron chi connectivity index (χ1n) is 8.82. The van der Waals surface area contributed by atoms with Gasteiger partial charge < -0.3 is 21.3 Å². The fraction of sp³-hybridized carbons (Fsp3) is 0.889. The Morgan fingerprint density at radius 1 is 1.21 bits per heavy atom. The zero-order valence-corrected chi connectivity index (χ0v) is 15.6. The molecule has 0 radical (unpaired) electrons. The molecule has 0 aromatic rings. The van der Waals surface area contributed by atoms with Crippen LogP contribution >= 0.6 is 0 Å². The molecule has 140 valence electrons. The molecule has 24 heavy (non-hydrogen) atoms. The number of nitrogens with one attached hydrogen (secondary N) is 1. The van der Waals surface area contributed by atoms with Crippen LogP contribution in [0.1, 0.15) is 66.7 Å². The summed E-state index contributed by atoms with van der Waals surface area (Å²) in [7, 11) is 0. The van der Waals surface area contributed by atoms with Crippen LogP contribution in [-0.2, 0) is 9.59 Å². The number of carbonyl (C=O) groups excluding carboxylic acids is 1. The van der Waals surface area contributed by atoms with Gasteiger partial charge in [0.1, 0.15) is 0 Å². The third-order valence-corrected chi connectivity index (χ3v) is 5.31. The van der Waals surface area contributed by atoms with Crippen molar-refractivity contribution in [1.29, 1.82) is 0 Å². The van der Waals surface area contributed by atoms with Crippen LogP contribution < -0.4 is 11.1 Å². The van der Waals surface area contributed by atoms with Crippen LogP contribution in [0.4, 0.5) is 0 Å². The molecule has 1 aliphatic rings. The summed E-state index contributed by atoms with van der Waals surface area (Å²) in [6.07, 6.45) is 2.95. The molecule has 0 bridgehead atoms. The minimum atomic E-state index is -1.12. The molecule has 1 aliphatic carbocycles. The maximum absolute atomic E-state index is 12.0. The number of carbonyl (C=O) groups is 2. The number of rotatable bonds is 7. The fourth-order valence-electron chi connectivity index (χ4n) is 3.81. The third kappa shape index (κ3) is 5.74. The Morgan fingerprint density at radius 3 is 2.29 bits per heavy atom. The molecule has 1 rings (SSSR count). The first kappa shape index (κ1) is 20.9. The quantitative estimate of drug-likeness (QED) is 0.564. The third-order valence-electron chi connectivity index (χ3n) is 5.31. The number of hydrogen-bond donors (Lipinski definition) is 4. The van der Waals surface area contributed by atoms with Crippen molar-refractivity contribution in [1.82, 2.24) is 5.32 Å². The Kier molecular flexibility index (Phi) is 6.82. The number of carboxylic acids is 1. The molecule has 0 aromatic carbocycles. The van der Waals surface area contributed by atoms with Gasteiger partial charge in [-0.25, -0.2) is 0 Å². The van der Waals surface area contributed by atoms with E-state index < -0.39 is 36.0 Å². The molecule has 0 aliphatic heterocycles. The van der Waals surface area contributed by atoms with E-state index in [-0.39, 0.29) is 5.41 Å². The fourth-order valence-corrected chi connectivity index (χ4v) is 3.81. The van der Waals surface area contributed by atoms with Gasteiger partial charge in [0, 0.05) is 0 Å². The topological polar surface area (TPSA) is 113 Å². The Hall–Kier alpha value is -1.14. The van der Waals surface area contributed by atoms with Crippen LogP contribution in [0.3, 0.4) is 0 Å². The lowest BCUT2D eigenvalue weighted by molar-refractivity contribution is -0.140. The largest absolute Gasteiger partial charge is 0.481 e. The van der Waals surface area contributed by atoms with Gasteiger partial charge in [0.15, 0.2) is 0 Å². The Balaban J connectivity index is 2.66. The molecule has 0 aromatic heterocycles. The van der Waals surface area contributed by atoms with E-state index in [2.05, 4.69) is 26.1 Å². The zero-order chi connectivity index (χ0) is 18.7. The Bertz CT molecular complexity index is 456. The average Bonchev–Trinajstić information content (AvgIpc) is 2.85. The molecule has 1 saturated carbocycles. The molecule has 5 N–H and O–H groups in total. The monoisotopic (exact) mass is 342 g/mol. The first-order valence-corrected chi connectivity index (χ1v) is 8.82. The lowest BCUT2D eigenvalue weighted by Gasteiger charge is -2.38. The summed E-state index contributed by atoms with van der Waals surface area (Å²) in [5.74, 6) is -0.660. The summed E-state index contributed by atoms with van der Waals surface area (Å²) in [5.41, 5.74) is 4.95. The highest BCUT2D eigenvalue weighted by Gasteiger charge is 2.40. The Morgan fingerprint density at radius 2 is 1.79 bits per heavy atom. The van der Waals surface area contributed by atoms with E-state index in [4.69, 9.17) is 10.8 Å². The van der Waals surface area contributed by atoms with Crippen LogP contribution in [-0.4, -0.2) is 39.8 Å². The van der Waals surface area contributed by atoms with Gasteiger partial charge in [-0.15, -0.1) is 0 Å². The highest BCUT2D eigenvalue weighted by Crippen LogP contribution is 2.45. The summed E-state index contributed by atoms with van der Waals surface area (Å²) in [5, 5.41) is 22.1. The minimum Gasteiger partial charge on any atom is -0.481 e. The average molecular weight is 342 g/mol. The molecule has 6 heteroatoms. The molecule has 1 fully saturated rings. The summed E-state index contributed by atoms with van der Waals surface area (Å²) in [6, 6.07) is -1.11. The van der Waals surface area contributed by atoms with Gasteiger partial charge in [0.05, 0.1) is 24.1 Å². The van der Waals surface area contributed by atoms with Crippen molar-refractivity contribution in [3.63, 3.8) is 0 Å². The Labute approximate surface area is 145 Å². The van der Waals surface area contributed by atoms with Gasteiger partial charge in [-0.05, 0) is 43.9 Å². The van der Waals surface area contributed by atoms with E-state index in [9.17, 15) is 14.7 Å². The van der Waals surface area contributed by atoms with Crippen LogP contribution in [0.2, 0.25) is 0 Å². The van der Waals surface area contributed by atoms with Gasteiger partial charge in [-0.2, -0.15) is 0 Å². The predicted molar refractivity (Wildman–Crippen MR) is 93.4 cm³/mol. The van der Waals surface area contributed by atoms with E-state index in [1.165, 1.54) is 12.8 Å². The molecule has 0 heterocycles. The second-order valence-electron chi connectivity index (χ2n) is 8.83. The second-order valence-corrected chi connectivity index (χ2v) is 8.83. The number of aliphatic hydroxyl groups excluding tert-OH is 1. The van der Waals surface area contributed by atoms with Crippen LogP contribution in [0.5, 0.6) is 0 Å². The lowest BCUT2D eigenvalue weighted by atomic mass is 9.72. The number of nitrogens with two attached hydrogens (primary N) is 1. The number of aliphatic hydroxyl groups is 1. The van der Waals surface area contributed by atoms with Crippen LogP contribution in [0.15, 0.2) is 0 Å². The van der Waals surface area contributed by atoms with Gasteiger partial charge >= 0.3 is 5.97 Å². The number of hydrogen-bond acceptors (Lipinski definition) is 4. The maximum atomic E-state index is 12.0. The summed E-state index contributed by atoms with van der Waals surface area (Å²) < 4.78 is 0. The van der Waals surface area contributed by atoms with Crippen LogP contribution in [0.25, 0.3) is 0 Å². The highest BCUT2D eigenvalue weighted by atomic mass is 16.4. The second kappa shape index (κ2) is 7.83. The molecule has 6 nitrogen and oxygen atoms in total. The number of aliphatic carboxylic acids is 1. The standard InChI is InChI=1S/C18H34N2O4/c1-17(2,3)12-8-6-7-11(12)9-14(21)18(4,5)20-16(24)13(19)10-15(22)23/h11-14,21H,6-10,19H2,1-5H3,(H,20,24)(H,22,23)/t11?,12?,13-,14?/m0/s1. The van der Waals surface area contributed by atoms with E-state index in [0.29, 0.717) is 18.3 Å². The van der Waals surface area contributed by atoms with Gasteiger partial charge in [0.25, 0.3) is 0 Å². The molecule has 4 atom stereocenters. The minimum absolute atomic E-state index is 0.206. The van der Waals surface area contributed by atoms with Crippen molar-refractivity contribution < 1.29 is 19.8 Å². The smallest absolute Gasteiger partial charge is 0.305 e. The van der Waals surface area contributed by atoms with Gasteiger partial charge in [-0.3, -0.25) is 9.59 Å². The van der Waals surface area contributed by atoms with Crippen molar-refractivity contribution in [3.8, 4) is 0 Å². The molecule has 0 spiro atoms. The van der Waals surface area contributed by atoms with Crippen molar-refractivity contribution >= 4 is 11.9 Å². The van der Waals surface area contributed by atoms with E-state index in [0.717, 1.165) is 6.42 Å². The zero-order valence-electron chi connectivity index (χ0n) is 15.6. The summed E-state index contributed by atoms with van der Waals surface area (Å²) >= 11 is 0. The van der Waals surface area contributed by atoms with Gasteiger partial charge in [-0.1, -0.05) is 33.6 Å². The number of amides is 1. The first-order chi connectivity index (χ1) is 10.8. The molecule has 1 amide bonds. The van der Waals surface area contributed by atoms with Gasteiger partial charge in [0.2, 0.25) is 5.91 Å². The SMILES string of the molecule is CC(C)(C)C1CCCC1CC(O)C(C)(C)NC(=O)[C@@H](N)CC(=O)O. The van der Waals surface area contributed by atoms with E-state index in [1.54, 1.807) is 13.8 Å². The van der Waals surface area contributed by atoms with Crippen molar-refractivity contribution in [2.45, 2.75) is 84.4 Å². The van der Waals surface area contributed by atoms with Crippen molar-refractivity contribution in [2.24, 2.45) is 23.0 Å².